The molecule has 0 bridgehead atoms. The van der Waals surface area contributed by atoms with Crippen LogP contribution in [0.3, 0.4) is 0 Å². The molecule has 2 aromatic rings. The van der Waals surface area contributed by atoms with E-state index in [9.17, 15) is 8.42 Å². The minimum absolute atomic E-state index is 0. The monoisotopic (exact) mass is 486 g/mol. The van der Waals surface area contributed by atoms with E-state index in [-0.39, 0.29) is 28.9 Å². The van der Waals surface area contributed by atoms with Gasteiger partial charge in [0.2, 0.25) is 10.0 Å². The van der Waals surface area contributed by atoms with Crippen LogP contribution in [-0.2, 0) is 23.0 Å². The van der Waals surface area contributed by atoms with Crippen LogP contribution >= 0.6 is 24.0 Å². The Hall–Kier alpha value is -1.65. The lowest BCUT2D eigenvalue weighted by molar-refractivity contribution is 0.588. The number of sulfonamides is 1. The summed E-state index contributed by atoms with van der Waals surface area (Å²) < 4.78 is 25.8. The Morgan fingerprint density at radius 3 is 2.50 bits per heavy atom. The van der Waals surface area contributed by atoms with Gasteiger partial charge in [0.15, 0.2) is 5.96 Å². The summed E-state index contributed by atoms with van der Waals surface area (Å²) in [6.07, 6.45) is 1.01. The molecule has 0 radical (unpaired) electrons. The summed E-state index contributed by atoms with van der Waals surface area (Å²) in [5.74, 6) is 0.817. The number of halogens is 1. The van der Waals surface area contributed by atoms with Crippen LogP contribution in [0.25, 0.3) is 0 Å². The molecular weight excluding hydrogens is 463 g/mol. The molecule has 6 nitrogen and oxygen atoms in total. The summed E-state index contributed by atoms with van der Waals surface area (Å²) >= 11 is 0. The quantitative estimate of drug-likeness (QED) is 0.396. The van der Waals surface area contributed by atoms with Crippen molar-refractivity contribution in [2.24, 2.45) is 4.99 Å². The number of nitrogens with one attached hydrogen (secondary N) is 2. The third kappa shape index (κ3) is 4.36. The zero-order chi connectivity index (χ0) is 17.9. The lowest BCUT2D eigenvalue weighted by atomic mass is 10.2. The molecule has 1 aliphatic heterocycles. The number of hydrogen-bond acceptors (Lipinski definition) is 3. The standard InChI is InChI=1S/C18H22N4O2S.HI/c1-19-18(22-12-11-15-5-3-4-6-17(15)22)21-13-14-7-9-16(10-8-14)25(23,24)20-2;/h3-10,20H,11-13H2,1-2H3,(H,19,21);1H. The molecule has 140 valence electrons. The van der Waals surface area contributed by atoms with Gasteiger partial charge < -0.3 is 10.2 Å². The molecule has 0 unspecified atom stereocenters. The molecule has 8 heteroatoms. The molecule has 0 saturated carbocycles. The van der Waals surface area contributed by atoms with Crippen molar-refractivity contribution in [3.05, 3.63) is 59.7 Å². The minimum Gasteiger partial charge on any atom is -0.352 e. The van der Waals surface area contributed by atoms with Crippen LogP contribution in [0.2, 0.25) is 0 Å². The summed E-state index contributed by atoms with van der Waals surface area (Å²) in [5, 5.41) is 3.35. The fourth-order valence-corrected chi connectivity index (χ4v) is 3.67. The van der Waals surface area contributed by atoms with Gasteiger partial charge in [0.05, 0.1) is 4.90 Å². The largest absolute Gasteiger partial charge is 0.352 e. The van der Waals surface area contributed by atoms with E-state index in [1.165, 1.54) is 18.3 Å². The SMILES string of the molecule is CN=C(NCc1ccc(S(=O)(=O)NC)cc1)N1CCc2ccccc21.I. The van der Waals surface area contributed by atoms with Gasteiger partial charge in [-0.05, 0) is 42.8 Å². The van der Waals surface area contributed by atoms with Crippen LogP contribution in [0.4, 0.5) is 5.69 Å². The predicted octanol–water partition coefficient (Wildman–Crippen LogP) is 2.35. The van der Waals surface area contributed by atoms with Gasteiger partial charge in [-0.15, -0.1) is 24.0 Å². The topological polar surface area (TPSA) is 73.8 Å². The Labute approximate surface area is 171 Å². The number of rotatable bonds is 4. The average molecular weight is 486 g/mol. The second-order valence-corrected chi connectivity index (χ2v) is 7.67. The number of guanidine groups is 1. The van der Waals surface area contributed by atoms with Crippen molar-refractivity contribution in [3.8, 4) is 0 Å². The van der Waals surface area contributed by atoms with Gasteiger partial charge in [-0.1, -0.05) is 30.3 Å². The first kappa shape index (κ1) is 20.7. The lowest BCUT2D eigenvalue weighted by Crippen LogP contribution is -2.40. The molecule has 1 heterocycles. The highest BCUT2D eigenvalue weighted by Gasteiger charge is 2.22. The number of anilines is 1. The van der Waals surface area contributed by atoms with E-state index >= 15 is 0 Å². The van der Waals surface area contributed by atoms with Crippen molar-refractivity contribution < 1.29 is 8.42 Å². The van der Waals surface area contributed by atoms with E-state index in [2.05, 4.69) is 38.1 Å². The van der Waals surface area contributed by atoms with Crippen LogP contribution in [0.1, 0.15) is 11.1 Å². The van der Waals surface area contributed by atoms with Crippen LogP contribution in [0.5, 0.6) is 0 Å². The first-order chi connectivity index (χ1) is 12.0. The maximum atomic E-state index is 11.8. The highest BCUT2D eigenvalue weighted by atomic mass is 127. The smallest absolute Gasteiger partial charge is 0.240 e. The average Bonchev–Trinajstić information content (AvgIpc) is 3.07. The molecule has 0 spiro atoms. The van der Waals surface area contributed by atoms with Crippen molar-refractivity contribution in [2.45, 2.75) is 17.9 Å². The van der Waals surface area contributed by atoms with Gasteiger partial charge in [0.1, 0.15) is 0 Å². The first-order valence-electron chi connectivity index (χ1n) is 8.14. The Morgan fingerprint density at radius 1 is 1.15 bits per heavy atom. The third-order valence-corrected chi connectivity index (χ3v) is 5.74. The lowest BCUT2D eigenvalue weighted by Gasteiger charge is -2.22. The van der Waals surface area contributed by atoms with Crippen molar-refractivity contribution >= 4 is 45.6 Å². The summed E-state index contributed by atoms with van der Waals surface area (Å²) in [6, 6.07) is 15.2. The van der Waals surface area contributed by atoms with E-state index in [4.69, 9.17) is 0 Å². The van der Waals surface area contributed by atoms with Gasteiger partial charge in [-0.3, -0.25) is 4.99 Å². The molecule has 0 atom stereocenters. The number of para-hydroxylation sites is 1. The van der Waals surface area contributed by atoms with E-state index < -0.39 is 10.0 Å². The number of nitrogens with zero attached hydrogens (tertiary/aromatic N) is 2. The summed E-state index contributed by atoms with van der Waals surface area (Å²) in [7, 11) is -0.225. The van der Waals surface area contributed by atoms with Crippen LogP contribution in [-0.4, -0.2) is 35.0 Å². The molecule has 0 amide bonds. The van der Waals surface area contributed by atoms with Gasteiger partial charge in [0, 0.05) is 25.8 Å². The Balaban J connectivity index is 0.00000243. The van der Waals surface area contributed by atoms with Gasteiger partial charge in [-0.25, -0.2) is 13.1 Å². The van der Waals surface area contributed by atoms with Crippen molar-refractivity contribution in [1.82, 2.24) is 10.0 Å². The maximum absolute atomic E-state index is 11.8. The van der Waals surface area contributed by atoms with Crippen molar-refractivity contribution in [3.63, 3.8) is 0 Å². The van der Waals surface area contributed by atoms with E-state index in [1.807, 2.05) is 18.2 Å². The normalized spacial score (nSPS) is 13.9. The second-order valence-electron chi connectivity index (χ2n) is 5.78. The predicted molar refractivity (Wildman–Crippen MR) is 116 cm³/mol. The van der Waals surface area contributed by atoms with Crippen LogP contribution < -0.4 is 14.9 Å². The third-order valence-electron chi connectivity index (χ3n) is 4.31. The molecule has 0 fully saturated rings. The van der Waals surface area contributed by atoms with Crippen LogP contribution in [0.15, 0.2) is 58.4 Å². The molecule has 0 saturated heterocycles. The van der Waals surface area contributed by atoms with Crippen molar-refractivity contribution in [2.75, 3.05) is 25.5 Å². The second kappa shape index (κ2) is 8.83. The number of benzene rings is 2. The van der Waals surface area contributed by atoms with E-state index in [0.717, 1.165) is 24.5 Å². The molecule has 2 N–H and O–H groups in total. The fraction of sp³-hybridized carbons (Fsp3) is 0.278. The number of aliphatic imine (C=N–C) groups is 1. The summed E-state index contributed by atoms with van der Waals surface area (Å²) in [5.41, 5.74) is 3.50. The fourth-order valence-electron chi connectivity index (χ4n) is 2.94. The minimum atomic E-state index is -3.40. The Kier molecular flexibility index (Phi) is 7.01. The van der Waals surface area contributed by atoms with E-state index in [0.29, 0.717) is 6.54 Å². The van der Waals surface area contributed by atoms with Gasteiger partial charge in [0.25, 0.3) is 0 Å². The number of fused-ring (bicyclic) bond motifs is 1. The van der Waals surface area contributed by atoms with Crippen molar-refractivity contribution in [1.29, 1.82) is 0 Å². The summed E-state index contributed by atoms with van der Waals surface area (Å²) in [4.78, 5) is 6.82. The molecule has 2 aromatic carbocycles. The molecule has 26 heavy (non-hydrogen) atoms. The van der Waals surface area contributed by atoms with E-state index in [1.54, 1.807) is 19.2 Å². The highest BCUT2D eigenvalue weighted by Crippen LogP contribution is 2.27. The maximum Gasteiger partial charge on any atom is 0.240 e. The molecule has 0 aromatic heterocycles. The zero-order valence-electron chi connectivity index (χ0n) is 14.8. The summed E-state index contributed by atoms with van der Waals surface area (Å²) in [6.45, 7) is 1.48. The molecular formula is C18H23IN4O2S. The Morgan fingerprint density at radius 2 is 1.85 bits per heavy atom. The number of hydrogen-bond donors (Lipinski definition) is 2. The Bertz CT molecular complexity index is 882. The molecule has 3 rings (SSSR count). The van der Waals surface area contributed by atoms with Crippen LogP contribution in [0, 0.1) is 0 Å². The molecule has 1 aliphatic rings. The van der Waals surface area contributed by atoms with Gasteiger partial charge >= 0.3 is 0 Å². The molecule has 0 aliphatic carbocycles. The zero-order valence-corrected chi connectivity index (χ0v) is 17.9. The first-order valence-corrected chi connectivity index (χ1v) is 9.62. The van der Waals surface area contributed by atoms with Gasteiger partial charge in [-0.2, -0.15) is 0 Å². The highest BCUT2D eigenvalue weighted by molar-refractivity contribution is 14.0.